The van der Waals surface area contributed by atoms with Crippen molar-refractivity contribution in [3.63, 3.8) is 0 Å². The van der Waals surface area contributed by atoms with Crippen LogP contribution in [0.5, 0.6) is 0 Å². The van der Waals surface area contributed by atoms with Crippen LogP contribution in [0.4, 0.5) is 0 Å². The highest BCUT2D eigenvalue weighted by atomic mass is 35.5. The lowest BCUT2D eigenvalue weighted by atomic mass is 10.1. The number of aliphatic hydroxyl groups is 1. The van der Waals surface area contributed by atoms with Crippen LogP contribution in [0.1, 0.15) is 18.9 Å². The maximum atomic E-state index is 9.82. The zero-order chi connectivity index (χ0) is 12.0. The highest BCUT2D eigenvalue weighted by Gasteiger charge is 2.08. The van der Waals surface area contributed by atoms with E-state index in [1.165, 1.54) is 0 Å². The Morgan fingerprint density at radius 1 is 1.38 bits per heavy atom. The molecule has 0 radical (unpaired) electrons. The fourth-order valence-corrected chi connectivity index (χ4v) is 2.62. The summed E-state index contributed by atoms with van der Waals surface area (Å²) in [5, 5.41) is 11.1. The Morgan fingerprint density at radius 3 is 2.75 bits per heavy atom. The van der Waals surface area contributed by atoms with E-state index in [1.54, 1.807) is 12.1 Å². The molecule has 1 aromatic rings. The monoisotopic (exact) mass is 278 g/mol. The molecule has 0 saturated heterocycles. The maximum Gasteiger partial charge on any atom is 0.0589 e. The normalized spacial score (nSPS) is 12.8. The summed E-state index contributed by atoms with van der Waals surface area (Å²) in [7, 11) is 0. The van der Waals surface area contributed by atoms with Gasteiger partial charge in [-0.15, -0.1) is 0 Å². The third-order valence-electron chi connectivity index (χ3n) is 2.27. The quantitative estimate of drug-likeness (QED) is 0.793. The van der Waals surface area contributed by atoms with Gasteiger partial charge in [-0.05, 0) is 42.0 Å². The first kappa shape index (κ1) is 14.2. The molecule has 1 N–H and O–H groups in total. The third-order valence-corrected chi connectivity index (χ3v) is 3.79. The first-order valence-corrected chi connectivity index (χ1v) is 7.24. The predicted molar refractivity (Wildman–Crippen MR) is 73.8 cm³/mol. The van der Waals surface area contributed by atoms with Crippen molar-refractivity contribution in [2.75, 3.05) is 11.5 Å². The van der Waals surface area contributed by atoms with Gasteiger partial charge in [-0.1, -0.05) is 36.2 Å². The second kappa shape index (κ2) is 7.44. The summed E-state index contributed by atoms with van der Waals surface area (Å²) >= 11 is 13.7. The van der Waals surface area contributed by atoms with Gasteiger partial charge < -0.3 is 5.11 Å². The minimum absolute atomic E-state index is 0.322. The SMILES string of the molecule is CCSCCC(O)Cc1ccc(Cl)cc1Cl. The molecule has 0 aliphatic carbocycles. The van der Waals surface area contributed by atoms with Gasteiger partial charge in [0.15, 0.2) is 0 Å². The van der Waals surface area contributed by atoms with Crippen molar-refractivity contribution in [1.29, 1.82) is 0 Å². The number of hydrogen-bond donors (Lipinski definition) is 1. The van der Waals surface area contributed by atoms with Gasteiger partial charge >= 0.3 is 0 Å². The summed E-state index contributed by atoms with van der Waals surface area (Å²) in [5.74, 6) is 2.08. The van der Waals surface area contributed by atoms with E-state index >= 15 is 0 Å². The average molecular weight is 279 g/mol. The van der Waals surface area contributed by atoms with E-state index in [2.05, 4.69) is 6.92 Å². The molecular formula is C12H16Cl2OS. The smallest absolute Gasteiger partial charge is 0.0589 e. The minimum atomic E-state index is -0.322. The van der Waals surface area contributed by atoms with Crippen molar-refractivity contribution in [2.45, 2.75) is 25.9 Å². The van der Waals surface area contributed by atoms with E-state index in [0.717, 1.165) is 23.5 Å². The molecule has 0 aromatic heterocycles. The lowest BCUT2D eigenvalue weighted by Crippen LogP contribution is -2.11. The van der Waals surface area contributed by atoms with Crippen molar-refractivity contribution >= 4 is 35.0 Å². The van der Waals surface area contributed by atoms with Gasteiger partial charge in [-0.2, -0.15) is 11.8 Å². The Balaban J connectivity index is 2.46. The molecular weight excluding hydrogens is 263 g/mol. The van der Waals surface area contributed by atoms with E-state index in [1.807, 2.05) is 17.8 Å². The van der Waals surface area contributed by atoms with E-state index < -0.39 is 0 Å². The van der Waals surface area contributed by atoms with Crippen molar-refractivity contribution in [1.82, 2.24) is 0 Å². The van der Waals surface area contributed by atoms with Crippen LogP contribution in [0.3, 0.4) is 0 Å². The Kier molecular flexibility index (Phi) is 6.59. The molecule has 1 atom stereocenters. The van der Waals surface area contributed by atoms with E-state index in [9.17, 15) is 5.11 Å². The first-order chi connectivity index (χ1) is 7.63. The zero-order valence-electron chi connectivity index (χ0n) is 9.25. The summed E-state index contributed by atoms with van der Waals surface area (Å²) in [6.07, 6.45) is 1.08. The van der Waals surface area contributed by atoms with Crippen molar-refractivity contribution in [3.05, 3.63) is 33.8 Å². The molecule has 16 heavy (non-hydrogen) atoms. The van der Waals surface area contributed by atoms with Gasteiger partial charge in [0.2, 0.25) is 0 Å². The molecule has 0 heterocycles. The summed E-state index contributed by atoms with van der Waals surface area (Å²) in [6.45, 7) is 2.12. The highest BCUT2D eigenvalue weighted by molar-refractivity contribution is 7.99. The van der Waals surface area contributed by atoms with Crippen molar-refractivity contribution in [2.24, 2.45) is 0 Å². The Morgan fingerprint density at radius 2 is 2.12 bits per heavy atom. The second-order valence-corrected chi connectivity index (χ2v) is 5.82. The number of hydrogen-bond acceptors (Lipinski definition) is 2. The molecule has 1 aromatic carbocycles. The standard InChI is InChI=1S/C12H16Cl2OS/c1-2-16-6-5-11(15)7-9-3-4-10(13)8-12(9)14/h3-4,8,11,15H,2,5-7H2,1H3. The molecule has 0 fully saturated rings. The number of rotatable bonds is 6. The predicted octanol–water partition coefficient (Wildman–Crippen LogP) is 4.04. The fraction of sp³-hybridized carbons (Fsp3) is 0.500. The highest BCUT2D eigenvalue weighted by Crippen LogP contribution is 2.22. The van der Waals surface area contributed by atoms with Crippen LogP contribution >= 0.6 is 35.0 Å². The Labute approximate surface area is 111 Å². The van der Waals surface area contributed by atoms with E-state index in [-0.39, 0.29) is 6.10 Å². The lowest BCUT2D eigenvalue weighted by Gasteiger charge is -2.11. The van der Waals surface area contributed by atoms with E-state index in [4.69, 9.17) is 23.2 Å². The number of thioether (sulfide) groups is 1. The van der Waals surface area contributed by atoms with Gasteiger partial charge in [-0.25, -0.2) is 0 Å². The van der Waals surface area contributed by atoms with Crippen LogP contribution < -0.4 is 0 Å². The average Bonchev–Trinajstić information content (AvgIpc) is 2.23. The van der Waals surface area contributed by atoms with Crippen LogP contribution in [0.25, 0.3) is 0 Å². The van der Waals surface area contributed by atoms with Crippen LogP contribution in [0.15, 0.2) is 18.2 Å². The molecule has 0 aliphatic rings. The summed E-state index contributed by atoms with van der Waals surface area (Å²) < 4.78 is 0. The van der Waals surface area contributed by atoms with Crippen LogP contribution in [-0.2, 0) is 6.42 Å². The van der Waals surface area contributed by atoms with Crippen LogP contribution in [0, 0.1) is 0 Å². The molecule has 0 aliphatic heterocycles. The van der Waals surface area contributed by atoms with Gasteiger partial charge in [0.1, 0.15) is 0 Å². The molecule has 0 bridgehead atoms. The van der Waals surface area contributed by atoms with Crippen molar-refractivity contribution < 1.29 is 5.11 Å². The summed E-state index contributed by atoms with van der Waals surface area (Å²) in [4.78, 5) is 0. The van der Waals surface area contributed by atoms with Crippen LogP contribution in [-0.4, -0.2) is 22.7 Å². The van der Waals surface area contributed by atoms with Crippen LogP contribution in [0.2, 0.25) is 10.0 Å². The van der Waals surface area contributed by atoms with Gasteiger partial charge in [0, 0.05) is 10.0 Å². The largest absolute Gasteiger partial charge is 0.393 e. The number of benzene rings is 1. The van der Waals surface area contributed by atoms with Crippen molar-refractivity contribution in [3.8, 4) is 0 Å². The van der Waals surface area contributed by atoms with Gasteiger partial charge in [0.05, 0.1) is 6.10 Å². The minimum Gasteiger partial charge on any atom is -0.393 e. The Bertz CT molecular complexity index is 331. The van der Waals surface area contributed by atoms with Gasteiger partial charge in [-0.3, -0.25) is 0 Å². The Hall–Kier alpha value is 0.110. The molecule has 1 unspecified atom stereocenters. The fourth-order valence-electron chi connectivity index (χ4n) is 1.41. The number of halogens is 2. The topological polar surface area (TPSA) is 20.2 Å². The summed E-state index contributed by atoms with van der Waals surface area (Å²) in [6, 6.07) is 5.39. The molecule has 1 nitrogen and oxygen atoms in total. The third kappa shape index (κ3) is 4.96. The molecule has 0 spiro atoms. The molecule has 4 heteroatoms. The molecule has 0 saturated carbocycles. The maximum absolute atomic E-state index is 9.82. The van der Waals surface area contributed by atoms with E-state index in [0.29, 0.717) is 16.5 Å². The molecule has 1 rings (SSSR count). The second-order valence-electron chi connectivity index (χ2n) is 3.58. The first-order valence-electron chi connectivity index (χ1n) is 5.33. The molecule has 0 amide bonds. The number of aliphatic hydroxyl groups excluding tert-OH is 1. The molecule has 90 valence electrons. The summed E-state index contributed by atoms with van der Waals surface area (Å²) in [5.41, 5.74) is 0.958. The zero-order valence-corrected chi connectivity index (χ0v) is 11.6. The van der Waals surface area contributed by atoms with Gasteiger partial charge in [0.25, 0.3) is 0 Å². The lowest BCUT2D eigenvalue weighted by molar-refractivity contribution is 0.172.